The van der Waals surface area contributed by atoms with Gasteiger partial charge in [0, 0.05) is 20.6 Å². The lowest BCUT2D eigenvalue weighted by Crippen LogP contribution is -2.41. The standard InChI is InChI=1S/C15H22FN3O2/c1-18(2)15(21)11-19(3)10-14(20)17-9-8-12-6-4-5-7-13(12)16/h4-7H,8-11H2,1-3H3,(H,17,20). The summed E-state index contributed by atoms with van der Waals surface area (Å²) in [6.07, 6.45) is 0.443. The Bertz CT molecular complexity index is 492. The highest BCUT2D eigenvalue weighted by atomic mass is 19.1. The summed E-state index contributed by atoms with van der Waals surface area (Å²) in [7, 11) is 5.05. The molecule has 21 heavy (non-hydrogen) atoms. The summed E-state index contributed by atoms with van der Waals surface area (Å²) >= 11 is 0. The molecule has 0 fully saturated rings. The number of nitrogens with one attached hydrogen (secondary N) is 1. The van der Waals surface area contributed by atoms with Crippen LogP contribution in [0.2, 0.25) is 0 Å². The highest BCUT2D eigenvalue weighted by Gasteiger charge is 2.11. The summed E-state index contributed by atoms with van der Waals surface area (Å²) in [6, 6.07) is 6.50. The van der Waals surface area contributed by atoms with Crippen LogP contribution in [-0.2, 0) is 16.0 Å². The molecule has 0 unspecified atom stereocenters. The van der Waals surface area contributed by atoms with Crippen LogP contribution in [0.4, 0.5) is 4.39 Å². The van der Waals surface area contributed by atoms with E-state index < -0.39 is 0 Å². The minimum Gasteiger partial charge on any atom is -0.355 e. The zero-order chi connectivity index (χ0) is 15.8. The smallest absolute Gasteiger partial charge is 0.236 e. The molecule has 0 aliphatic heterocycles. The van der Waals surface area contributed by atoms with Crippen LogP contribution in [0, 0.1) is 5.82 Å². The summed E-state index contributed by atoms with van der Waals surface area (Å²) in [6.45, 7) is 0.694. The lowest BCUT2D eigenvalue weighted by atomic mass is 10.1. The summed E-state index contributed by atoms with van der Waals surface area (Å²) in [5.74, 6) is -0.502. The van der Waals surface area contributed by atoms with Crippen molar-refractivity contribution < 1.29 is 14.0 Å². The summed E-state index contributed by atoms with van der Waals surface area (Å²) in [4.78, 5) is 26.3. The first-order chi connectivity index (χ1) is 9.90. The van der Waals surface area contributed by atoms with Crippen molar-refractivity contribution in [3.05, 3.63) is 35.6 Å². The third-order valence-corrected chi connectivity index (χ3v) is 2.99. The van der Waals surface area contributed by atoms with E-state index in [9.17, 15) is 14.0 Å². The van der Waals surface area contributed by atoms with Crippen molar-refractivity contribution in [2.45, 2.75) is 6.42 Å². The predicted molar refractivity (Wildman–Crippen MR) is 79.3 cm³/mol. The Labute approximate surface area is 124 Å². The molecule has 6 heteroatoms. The second kappa shape index (κ2) is 8.36. The Hall–Kier alpha value is -1.95. The van der Waals surface area contributed by atoms with Crippen LogP contribution in [0.15, 0.2) is 24.3 Å². The number of carbonyl (C=O) groups excluding carboxylic acids is 2. The fourth-order valence-corrected chi connectivity index (χ4v) is 1.77. The van der Waals surface area contributed by atoms with Gasteiger partial charge in [0.15, 0.2) is 0 Å². The monoisotopic (exact) mass is 295 g/mol. The van der Waals surface area contributed by atoms with Crippen molar-refractivity contribution in [3.8, 4) is 0 Å². The van der Waals surface area contributed by atoms with E-state index in [4.69, 9.17) is 0 Å². The number of halogens is 1. The molecule has 1 aromatic rings. The Balaban J connectivity index is 2.28. The first-order valence-corrected chi connectivity index (χ1v) is 6.79. The second-order valence-corrected chi connectivity index (χ2v) is 5.15. The highest BCUT2D eigenvalue weighted by Crippen LogP contribution is 2.06. The largest absolute Gasteiger partial charge is 0.355 e. The van der Waals surface area contributed by atoms with Crippen LogP contribution < -0.4 is 5.32 Å². The van der Waals surface area contributed by atoms with E-state index in [1.165, 1.54) is 11.0 Å². The topological polar surface area (TPSA) is 52.7 Å². The van der Waals surface area contributed by atoms with E-state index in [1.54, 1.807) is 44.2 Å². The maximum atomic E-state index is 13.4. The van der Waals surface area contributed by atoms with E-state index in [1.807, 2.05) is 0 Å². The molecule has 0 aliphatic rings. The zero-order valence-corrected chi connectivity index (χ0v) is 12.7. The van der Waals surface area contributed by atoms with Crippen molar-refractivity contribution in [2.24, 2.45) is 0 Å². The first kappa shape index (κ1) is 17.1. The number of hydrogen-bond donors (Lipinski definition) is 1. The molecule has 0 heterocycles. The molecule has 0 atom stereocenters. The number of hydrogen-bond acceptors (Lipinski definition) is 3. The predicted octanol–water partition coefficient (Wildman–Crippen LogP) is 0.504. The number of carbonyl (C=O) groups is 2. The van der Waals surface area contributed by atoms with Crippen LogP contribution in [-0.4, -0.2) is 62.4 Å². The van der Waals surface area contributed by atoms with Crippen molar-refractivity contribution in [1.29, 1.82) is 0 Å². The van der Waals surface area contributed by atoms with Crippen molar-refractivity contribution in [1.82, 2.24) is 15.1 Å². The van der Waals surface area contributed by atoms with Gasteiger partial charge in [-0.3, -0.25) is 14.5 Å². The van der Waals surface area contributed by atoms with Crippen molar-refractivity contribution in [3.63, 3.8) is 0 Å². The Morgan fingerprint density at radius 3 is 2.43 bits per heavy atom. The zero-order valence-electron chi connectivity index (χ0n) is 12.7. The highest BCUT2D eigenvalue weighted by molar-refractivity contribution is 5.80. The van der Waals surface area contributed by atoms with Gasteiger partial charge in [-0.05, 0) is 25.1 Å². The Morgan fingerprint density at radius 2 is 1.81 bits per heavy atom. The molecule has 1 aromatic carbocycles. The molecule has 0 bridgehead atoms. The number of nitrogens with zero attached hydrogens (tertiary/aromatic N) is 2. The van der Waals surface area contributed by atoms with Gasteiger partial charge in [-0.25, -0.2) is 4.39 Å². The molecule has 0 saturated heterocycles. The lowest BCUT2D eigenvalue weighted by molar-refractivity contribution is -0.130. The number of likely N-dealkylation sites (N-methyl/N-ethyl adjacent to an activating group) is 2. The number of rotatable bonds is 7. The first-order valence-electron chi connectivity index (χ1n) is 6.79. The van der Waals surface area contributed by atoms with Gasteiger partial charge in [-0.2, -0.15) is 0 Å². The van der Waals surface area contributed by atoms with E-state index in [-0.39, 0.29) is 30.7 Å². The van der Waals surface area contributed by atoms with Crippen LogP contribution in [0.3, 0.4) is 0 Å². The molecule has 2 amide bonds. The third kappa shape index (κ3) is 6.35. The minimum atomic E-state index is -0.263. The molecule has 0 aromatic heterocycles. The van der Waals surface area contributed by atoms with E-state index in [0.29, 0.717) is 18.5 Å². The normalized spacial score (nSPS) is 10.5. The number of benzene rings is 1. The summed E-state index contributed by atoms with van der Waals surface area (Å²) in [5, 5.41) is 2.72. The van der Waals surface area contributed by atoms with Crippen molar-refractivity contribution in [2.75, 3.05) is 40.8 Å². The summed E-state index contributed by atoms with van der Waals surface area (Å²) < 4.78 is 13.4. The van der Waals surface area contributed by atoms with Gasteiger partial charge in [-0.15, -0.1) is 0 Å². The maximum Gasteiger partial charge on any atom is 0.236 e. The van der Waals surface area contributed by atoms with E-state index >= 15 is 0 Å². The third-order valence-electron chi connectivity index (χ3n) is 2.99. The quantitative estimate of drug-likeness (QED) is 0.797. The van der Waals surface area contributed by atoms with E-state index in [2.05, 4.69) is 5.32 Å². The lowest BCUT2D eigenvalue weighted by Gasteiger charge is -2.18. The Kier molecular flexibility index (Phi) is 6.81. The molecule has 0 saturated carbocycles. The number of amides is 2. The molecule has 0 radical (unpaired) electrons. The van der Waals surface area contributed by atoms with Crippen LogP contribution in [0.5, 0.6) is 0 Å². The van der Waals surface area contributed by atoms with Gasteiger partial charge < -0.3 is 10.2 Å². The fraction of sp³-hybridized carbons (Fsp3) is 0.467. The van der Waals surface area contributed by atoms with Gasteiger partial charge in [0.2, 0.25) is 11.8 Å². The molecular weight excluding hydrogens is 273 g/mol. The van der Waals surface area contributed by atoms with Gasteiger partial charge in [-0.1, -0.05) is 18.2 Å². The SMILES string of the molecule is CN(CC(=O)NCCc1ccccc1F)CC(=O)N(C)C. The van der Waals surface area contributed by atoms with Crippen LogP contribution >= 0.6 is 0 Å². The molecule has 0 aliphatic carbocycles. The van der Waals surface area contributed by atoms with Gasteiger partial charge in [0.1, 0.15) is 5.82 Å². The van der Waals surface area contributed by atoms with Gasteiger partial charge >= 0.3 is 0 Å². The molecule has 5 nitrogen and oxygen atoms in total. The molecule has 116 valence electrons. The average Bonchev–Trinajstić information content (AvgIpc) is 2.40. The fourth-order valence-electron chi connectivity index (χ4n) is 1.77. The van der Waals surface area contributed by atoms with E-state index in [0.717, 1.165) is 0 Å². The summed E-state index contributed by atoms with van der Waals surface area (Å²) in [5.41, 5.74) is 0.578. The maximum absolute atomic E-state index is 13.4. The molecule has 0 spiro atoms. The average molecular weight is 295 g/mol. The van der Waals surface area contributed by atoms with Gasteiger partial charge in [0.05, 0.1) is 13.1 Å². The molecule has 1 N–H and O–H groups in total. The molecular formula is C15H22FN3O2. The molecule has 1 rings (SSSR count). The second-order valence-electron chi connectivity index (χ2n) is 5.15. The Morgan fingerprint density at radius 1 is 1.14 bits per heavy atom. The van der Waals surface area contributed by atoms with Crippen molar-refractivity contribution >= 4 is 11.8 Å². The van der Waals surface area contributed by atoms with Crippen LogP contribution in [0.25, 0.3) is 0 Å². The van der Waals surface area contributed by atoms with Crippen LogP contribution in [0.1, 0.15) is 5.56 Å². The minimum absolute atomic E-state index is 0.0587. The van der Waals surface area contributed by atoms with Gasteiger partial charge in [0.25, 0.3) is 0 Å².